The molecule has 2 rings (SSSR count). The average molecular weight is 315 g/mol. The summed E-state index contributed by atoms with van der Waals surface area (Å²) in [5.41, 5.74) is 1.49. The molecule has 1 aromatic heterocycles. The van der Waals surface area contributed by atoms with E-state index in [9.17, 15) is 9.59 Å². The molecule has 0 fully saturated rings. The van der Waals surface area contributed by atoms with Crippen molar-refractivity contribution >= 4 is 11.6 Å². The second-order valence-electron chi connectivity index (χ2n) is 5.29. The maximum atomic E-state index is 12.5. The molecular formula is C17H21N3O3. The minimum atomic E-state index is -0.676. The number of hydrogen-bond acceptors (Lipinski definition) is 4. The van der Waals surface area contributed by atoms with Gasteiger partial charge in [0.25, 0.3) is 0 Å². The van der Waals surface area contributed by atoms with Crippen molar-refractivity contribution in [2.24, 2.45) is 0 Å². The van der Waals surface area contributed by atoms with Crippen LogP contribution in [-0.2, 0) is 4.79 Å². The van der Waals surface area contributed by atoms with Gasteiger partial charge in [-0.15, -0.1) is 0 Å². The van der Waals surface area contributed by atoms with Crippen molar-refractivity contribution in [3.63, 3.8) is 0 Å². The van der Waals surface area contributed by atoms with Gasteiger partial charge in [0.15, 0.2) is 0 Å². The van der Waals surface area contributed by atoms with E-state index in [1.54, 1.807) is 39.0 Å². The fourth-order valence-corrected chi connectivity index (χ4v) is 2.44. The van der Waals surface area contributed by atoms with Gasteiger partial charge < -0.3 is 10.1 Å². The fourth-order valence-electron chi connectivity index (χ4n) is 2.44. The van der Waals surface area contributed by atoms with Crippen LogP contribution in [0, 0.1) is 13.8 Å². The molecule has 1 atom stereocenters. The summed E-state index contributed by atoms with van der Waals surface area (Å²) < 4.78 is 6.87. The largest absolute Gasteiger partial charge is 0.492 e. The molecule has 6 heteroatoms. The van der Waals surface area contributed by atoms with E-state index in [1.165, 1.54) is 4.57 Å². The van der Waals surface area contributed by atoms with Gasteiger partial charge in [0.2, 0.25) is 5.91 Å². The van der Waals surface area contributed by atoms with Gasteiger partial charge in [-0.3, -0.25) is 9.36 Å². The molecule has 1 amide bonds. The minimum absolute atomic E-state index is 0.298. The highest BCUT2D eigenvalue weighted by Crippen LogP contribution is 2.24. The number of aromatic nitrogens is 2. The topological polar surface area (TPSA) is 73.2 Å². The number of benzene rings is 1. The van der Waals surface area contributed by atoms with Crippen LogP contribution in [0.1, 0.15) is 31.3 Å². The summed E-state index contributed by atoms with van der Waals surface area (Å²) in [5, 5.41) is 2.81. The molecule has 122 valence electrons. The molecule has 2 aromatic rings. The van der Waals surface area contributed by atoms with Crippen molar-refractivity contribution in [1.29, 1.82) is 0 Å². The molecule has 0 aliphatic rings. The molecule has 1 heterocycles. The number of rotatable bonds is 5. The predicted molar refractivity (Wildman–Crippen MR) is 88.9 cm³/mol. The Morgan fingerprint density at radius 2 is 2.04 bits per heavy atom. The number of para-hydroxylation sites is 2. The Bertz CT molecular complexity index is 768. The van der Waals surface area contributed by atoms with Crippen molar-refractivity contribution in [3.05, 3.63) is 52.2 Å². The van der Waals surface area contributed by atoms with E-state index in [1.807, 2.05) is 19.1 Å². The Hall–Kier alpha value is -2.63. The fraction of sp³-hybridized carbons (Fsp3) is 0.353. The highest BCUT2D eigenvalue weighted by Gasteiger charge is 2.19. The molecule has 0 saturated carbocycles. The predicted octanol–water partition coefficient (Wildman–Crippen LogP) is 2.46. The Kier molecular flexibility index (Phi) is 5.16. The van der Waals surface area contributed by atoms with E-state index < -0.39 is 11.7 Å². The lowest BCUT2D eigenvalue weighted by molar-refractivity contribution is -0.119. The van der Waals surface area contributed by atoms with Crippen molar-refractivity contribution < 1.29 is 9.53 Å². The molecule has 1 aromatic carbocycles. The molecule has 0 radical (unpaired) electrons. The second kappa shape index (κ2) is 7.09. The molecule has 0 unspecified atom stereocenters. The van der Waals surface area contributed by atoms with Crippen LogP contribution in [0.4, 0.5) is 5.69 Å². The molecule has 6 nitrogen and oxygen atoms in total. The number of hydrogen-bond donors (Lipinski definition) is 1. The zero-order valence-electron chi connectivity index (χ0n) is 13.8. The normalized spacial score (nSPS) is 11.8. The van der Waals surface area contributed by atoms with Crippen molar-refractivity contribution in [3.8, 4) is 5.75 Å². The smallest absolute Gasteiger partial charge is 0.348 e. The van der Waals surface area contributed by atoms with Crippen LogP contribution >= 0.6 is 0 Å². The van der Waals surface area contributed by atoms with Gasteiger partial charge in [0.1, 0.15) is 11.8 Å². The van der Waals surface area contributed by atoms with E-state index >= 15 is 0 Å². The van der Waals surface area contributed by atoms with Gasteiger partial charge in [-0.25, -0.2) is 4.79 Å². The summed E-state index contributed by atoms with van der Waals surface area (Å²) in [7, 11) is 0. The Labute approximate surface area is 135 Å². The molecule has 23 heavy (non-hydrogen) atoms. The van der Waals surface area contributed by atoms with E-state index in [0.717, 1.165) is 0 Å². The summed E-state index contributed by atoms with van der Waals surface area (Å²) in [6.45, 7) is 7.59. The lowest BCUT2D eigenvalue weighted by Gasteiger charge is -2.18. The number of amides is 1. The number of nitrogens with one attached hydrogen (secondary N) is 1. The number of carbonyl (C=O) groups excluding carboxylic acids is 1. The third-order valence-electron chi connectivity index (χ3n) is 3.49. The van der Waals surface area contributed by atoms with Crippen LogP contribution in [0.3, 0.4) is 0 Å². The lowest BCUT2D eigenvalue weighted by atomic mass is 10.2. The molecule has 0 aliphatic heterocycles. The molecule has 1 N–H and O–H groups in total. The van der Waals surface area contributed by atoms with Gasteiger partial charge >= 0.3 is 5.69 Å². The van der Waals surface area contributed by atoms with Crippen molar-refractivity contribution in [2.45, 2.75) is 33.7 Å². The highest BCUT2D eigenvalue weighted by molar-refractivity contribution is 5.94. The highest BCUT2D eigenvalue weighted by atomic mass is 16.5. The zero-order valence-corrected chi connectivity index (χ0v) is 13.8. The van der Waals surface area contributed by atoms with Crippen molar-refractivity contribution in [2.75, 3.05) is 11.9 Å². The summed E-state index contributed by atoms with van der Waals surface area (Å²) >= 11 is 0. The van der Waals surface area contributed by atoms with Crippen molar-refractivity contribution in [1.82, 2.24) is 9.55 Å². The first kappa shape index (κ1) is 16.7. The maximum absolute atomic E-state index is 12.5. The molecular weight excluding hydrogens is 294 g/mol. The first-order valence-corrected chi connectivity index (χ1v) is 7.53. The summed E-state index contributed by atoms with van der Waals surface area (Å²) in [4.78, 5) is 28.5. The summed E-state index contributed by atoms with van der Waals surface area (Å²) in [5.74, 6) is 0.301. The third-order valence-corrected chi connectivity index (χ3v) is 3.49. The number of ether oxygens (including phenoxy) is 1. The first-order valence-electron chi connectivity index (χ1n) is 7.53. The van der Waals surface area contributed by atoms with Gasteiger partial charge in [0.05, 0.1) is 12.3 Å². The monoisotopic (exact) mass is 315 g/mol. The summed E-state index contributed by atoms with van der Waals surface area (Å²) in [6.07, 6.45) is 0. The Morgan fingerprint density at radius 3 is 2.70 bits per heavy atom. The van der Waals surface area contributed by atoms with E-state index in [4.69, 9.17) is 4.74 Å². The quantitative estimate of drug-likeness (QED) is 0.920. The SMILES string of the molecule is CCOc1ccccc1NC(=O)[C@@H](C)n1c(C)cc(C)nc1=O. The van der Waals surface area contributed by atoms with Crippen LogP contribution in [0.15, 0.2) is 35.1 Å². The first-order chi connectivity index (χ1) is 10.9. The van der Waals surface area contributed by atoms with Gasteiger partial charge in [-0.1, -0.05) is 12.1 Å². The van der Waals surface area contributed by atoms with Gasteiger partial charge in [0, 0.05) is 11.4 Å². The lowest BCUT2D eigenvalue weighted by Crippen LogP contribution is -2.34. The van der Waals surface area contributed by atoms with E-state index in [0.29, 0.717) is 29.4 Å². The number of aryl methyl sites for hydroxylation is 2. The summed E-state index contributed by atoms with van der Waals surface area (Å²) in [6, 6.07) is 8.30. The van der Waals surface area contributed by atoms with E-state index in [2.05, 4.69) is 10.3 Å². The van der Waals surface area contributed by atoms with Crippen LogP contribution in [0.2, 0.25) is 0 Å². The average Bonchev–Trinajstić information content (AvgIpc) is 2.48. The van der Waals surface area contributed by atoms with Crippen LogP contribution in [0.25, 0.3) is 0 Å². The van der Waals surface area contributed by atoms with Gasteiger partial charge in [-0.05, 0) is 45.9 Å². The number of nitrogens with zero attached hydrogens (tertiary/aromatic N) is 2. The molecule has 0 saturated heterocycles. The van der Waals surface area contributed by atoms with Crippen LogP contribution < -0.4 is 15.7 Å². The minimum Gasteiger partial charge on any atom is -0.492 e. The van der Waals surface area contributed by atoms with Gasteiger partial charge in [-0.2, -0.15) is 4.98 Å². The number of carbonyl (C=O) groups is 1. The molecule has 0 bridgehead atoms. The Balaban J connectivity index is 2.27. The third kappa shape index (κ3) is 3.77. The van der Waals surface area contributed by atoms with Crippen LogP contribution in [-0.4, -0.2) is 22.1 Å². The molecule has 0 aliphatic carbocycles. The maximum Gasteiger partial charge on any atom is 0.348 e. The zero-order chi connectivity index (χ0) is 17.0. The molecule has 0 spiro atoms. The second-order valence-corrected chi connectivity index (χ2v) is 5.29. The Morgan fingerprint density at radius 1 is 1.35 bits per heavy atom. The van der Waals surface area contributed by atoms with Crippen LogP contribution in [0.5, 0.6) is 5.75 Å². The number of anilines is 1. The van der Waals surface area contributed by atoms with E-state index in [-0.39, 0.29) is 5.91 Å². The standard InChI is InChI=1S/C17H21N3O3/c1-5-23-15-9-7-6-8-14(15)19-16(21)13(4)20-12(3)10-11(2)18-17(20)22/h6-10,13H,5H2,1-4H3,(H,19,21)/t13-/m1/s1.